The first-order chi connectivity index (χ1) is 9.25. The minimum absolute atomic E-state index is 0.227. The zero-order chi connectivity index (χ0) is 13.2. The van der Waals surface area contributed by atoms with Gasteiger partial charge in [0.25, 0.3) is 5.91 Å². The van der Waals surface area contributed by atoms with Crippen LogP contribution in [0.5, 0.6) is 0 Å². The number of H-pyrrole nitrogens is 1. The van der Waals surface area contributed by atoms with Crippen LogP contribution >= 0.6 is 15.9 Å². The van der Waals surface area contributed by atoms with Crippen molar-refractivity contribution in [1.29, 1.82) is 0 Å². The fraction of sp³-hybridized carbons (Fsp3) is 0.231. The van der Waals surface area contributed by atoms with Gasteiger partial charge in [0, 0.05) is 22.2 Å². The van der Waals surface area contributed by atoms with Gasteiger partial charge in [0.15, 0.2) is 5.69 Å². The summed E-state index contributed by atoms with van der Waals surface area (Å²) in [5.74, 6) is -0.227. The van der Waals surface area contributed by atoms with Gasteiger partial charge in [0.05, 0.1) is 18.9 Å². The molecule has 1 amide bonds. The molecule has 1 aliphatic heterocycles. The molecule has 1 aliphatic rings. The van der Waals surface area contributed by atoms with E-state index in [4.69, 9.17) is 4.74 Å². The van der Waals surface area contributed by atoms with Crippen LogP contribution in [0.4, 0.5) is 5.69 Å². The number of carbonyl (C=O) groups is 1. The minimum Gasteiger partial charge on any atom is -0.376 e. The molecule has 1 aromatic carbocycles. The van der Waals surface area contributed by atoms with E-state index >= 15 is 0 Å². The number of aromatic amines is 1. The average Bonchev–Trinajstić information content (AvgIpc) is 2.85. The van der Waals surface area contributed by atoms with E-state index in [-0.39, 0.29) is 5.91 Å². The maximum absolute atomic E-state index is 12.2. The van der Waals surface area contributed by atoms with E-state index in [1.165, 1.54) is 0 Å². The van der Waals surface area contributed by atoms with Crippen molar-refractivity contribution in [3.8, 4) is 0 Å². The lowest BCUT2D eigenvalue weighted by molar-refractivity contribution is 0.0985. The molecule has 1 aromatic heterocycles. The number of amides is 1. The van der Waals surface area contributed by atoms with E-state index in [0.29, 0.717) is 18.9 Å². The first-order valence-corrected chi connectivity index (χ1v) is 6.75. The third-order valence-corrected chi connectivity index (χ3v) is 3.72. The molecule has 3 rings (SSSR count). The van der Waals surface area contributed by atoms with Gasteiger partial charge in [-0.05, 0) is 28.1 Å². The molecule has 0 bridgehead atoms. The second-order valence-corrected chi connectivity index (χ2v) is 5.12. The molecular formula is C13H12BrN3O2. The lowest BCUT2D eigenvalue weighted by Crippen LogP contribution is -2.17. The third kappa shape index (κ3) is 2.41. The van der Waals surface area contributed by atoms with Crippen molar-refractivity contribution in [2.45, 2.75) is 13.0 Å². The monoisotopic (exact) mass is 321 g/mol. The van der Waals surface area contributed by atoms with Crippen LogP contribution in [-0.2, 0) is 17.8 Å². The Labute approximate surface area is 118 Å². The van der Waals surface area contributed by atoms with Gasteiger partial charge in [-0.15, -0.1) is 0 Å². The van der Waals surface area contributed by atoms with Gasteiger partial charge >= 0.3 is 0 Å². The number of aromatic nitrogens is 2. The second-order valence-electron chi connectivity index (χ2n) is 4.27. The molecule has 0 atom stereocenters. The Balaban J connectivity index is 1.85. The Morgan fingerprint density at radius 3 is 3.11 bits per heavy atom. The average molecular weight is 322 g/mol. The van der Waals surface area contributed by atoms with E-state index in [2.05, 4.69) is 31.4 Å². The largest absolute Gasteiger partial charge is 0.376 e. The fourth-order valence-corrected chi connectivity index (χ4v) is 2.43. The molecule has 0 unspecified atom stereocenters. The summed E-state index contributed by atoms with van der Waals surface area (Å²) in [6.07, 6.45) is 0.768. The molecule has 0 saturated heterocycles. The Morgan fingerprint density at radius 1 is 1.42 bits per heavy atom. The summed E-state index contributed by atoms with van der Waals surface area (Å²) in [6.45, 7) is 1.10. The summed E-state index contributed by atoms with van der Waals surface area (Å²) in [6, 6.07) is 7.46. The first-order valence-electron chi connectivity index (χ1n) is 5.95. The molecule has 5 nitrogen and oxygen atoms in total. The van der Waals surface area contributed by atoms with Gasteiger partial charge in [0.1, 0.15) is 0 Å². The normalized spacial score (nSPS) is 13.9. The molecule has 2 aromatic rings. The van der Waals surface area contributed by atoms with Crippen molar-refractivity contribution in [3.63, 3.8) is 0 Å². The summed E-state index contributed by atoms with van der Waals surface area (Å²) < 4.78 is 6.21. The van der Waals surface area contributed by atoms with Crippen LogP contribution in [0.3, 0.4) is 0 Å². The van der Waals surface area contributed by atoms with Crippen molar-refractivity contribution in [1.82, 2.24) is 10.2 Å². The highest BCUT2D eigenvalue weighted by Gasteiger charge is 2.22. The van der Waals surface area contributed by atoms with Crippen LogP contribution in [0.1, 0.15) is 21.7 Å². The van der Waals surface area contributed by atoms with E-state index in [1.54, 1.807) is 0 Å². The van der Waals surface area contributed by atoms with E-state index in [0.717, 1.165) is 27.8 Å². The Bertz CT molecular complexity index is 624. The van der Waals surface area contributed by atoms with Gasteiger partial charge in [-0.25, -0.2) is 0 Å². The van der Waals surface area contributed by atoms with E-state index in [1.807, 2.05) is 24.3 Å². The number of ether oxygens (including phenoxy) is 1. The van der Waals surface area contributed by atoms with Crippen LogP contribution in [0, 0.1) is 0 Å². The lowest BCUT2D eigenvalue weighted by Gasteiger charge is -2.12. The standard InChI is InChI=1S/C13H12BrN3O2/c14-9-3-1-2-4-11(9)15-13(18)12-8-7-19-6-5-10(8)16-17-12/h1-4H,5-7H2,(H,15,18)(H,16,17). The predicted molar refractivity (Wildman–Crippen MR) is 74.0 cm³/mol. The van der Waals surface area contributed by atoms with Crippen LogP contribution in [0.25, 0.3) is 0 Å². The van der Waals surface area contributed by atoms with E-state index in [9.17, 15) is 4.79 Å². The summed E-state index contributed by atoms with van der Waals surface area (Å²) in [7, 11) is 0. The quantitative estimate of drug-likeness (QED) is 0.893. The molecule has 0 radical (unpaired) electrons. The molecular weight excluding hydrogens is 310 g/mol. The number of fused-ring (bicyclic) bond motifs is 1. The SMILES string of the molecule is O=C(Nc1ccccc1Br)c1n[nH]c2c1COCC2. The highest BCUT2D eigenvalue weighted by Crippen LogP contribution is 2.23. The number of anilines is 1. The summed E-state index contributed by atoms with van der Waals surface area (Å²) in [5.41, 5.74) is 2.98. The predicted octanol–water partition coefficient (Wildman–Crippen LogP) is 2.50. The molecule has 0 aliphatic carbocycles. The number of rotatable bonds is 2. The van der Waals surface area contributed by atoms with Gasteiger partial charge in [-0.3, -0.25) is 9.89 Å². The Kier molecular flexibility index (Phi) is 3.35. The molecule has 19 heavy (non-hydrogen) atoms. The van der Waals surface area contributed by atoms with Crippen molar-refractivity contribution in [3.05, 3.63) is 45.7 Å². The van der Waals surface area contributed by atoms with Crippen LogP contribution in [-0.4, -0.2) is 22.7 Å². The topological polar surface area (TPSA) is 67.0 Å². The molecule has 6 heteroatoms. The number of nitrogens with zero attached hydrogens (tertiary/aromatic N) is 1. The maximum atomic E-state index is 12.2. The van der Waals surface area contributed by atoms with Crippen LogP contribution in [0.2, 0.25) is 0 Å². The summed E-state index contributed by atoms with van der Waals surface area (Å²) in [4.78, 5) is 12.2. The number of benzene rings is 1. The number of para-hydroxylation sites is 1. The number of hydrogen-bond acceptors (Lipinski definition) is 3. The van der Waals surface area contributed by atoms with Crippen LogP contribution < -0.4 is 5.32 Å². The van der Waals surface area contributed by atoms with E-state index < -0.39 is 0 Å². The zero-order valence-electron chi connectivity index (χ0n) is 10.1. The second kappa shape index (κ2) is 5.14. The van der Waals surface area contributed by atoms with Gasteiger partial charge in [-0.2, -0.15) is 5.10 Å². The Hall–Kier alpha value is -1.66. The summed E-state index contributed by atoms with van der Waals surface area (Å²) >= 11 is 3.40. The molecule has 0 spiro atoms. The number of nitrogens with one attached hydrogen (secondary N) is 2. The highest BCUT2D eigenvalue weighted by molar-refractivity contribution is 9.10. The Morgan fingerprint density at radius 2 is 2.26 bits per heavy atom. The summed E-state index contributed by atoms with van der Waals surface area (Å²) in [5, 5.41) is 9.84. The third-order valence-electron chi connectivity index (χ3n) is 3.03. The maximum Gasteiger partial charge on any atom is 0.276 e. The van der Waals surface area contributed by atoms with Gasteiger partial charge in [0.2, 0.25) is 0 Å². The number of hydrogen-bond donors (Lipinski definition) is 2. The molecule has 0 saturated carbocycles. The van der Waals surface area contributed by atoms with Crippen molar-refractivity contribution in [2.75, 3.05) is 11.9 Å². The first kappa shape index (κ1) is 12.4. The smallest absolute Gasteiger partial charge is 0.276 e. The van der Waals surface area contributed by atoms with Crippen molar-refractivity contribution < 1.29 is 9.53 Å². The van der Waals surface area contributed by atoms with Crippen molar-refractivity contribution >= 4 is 27.5 Å². The molecule has 2 heterocycles. The van der Waals surface area contributed by atoms with Crippen molar-refractivity contribution in [2.24, 2.45) is 0 Å². The van der Waals surface area contributed by atoms with Crippen LogP contribution in [0.15, 0.2) is 28.7 Å². The number of carbonyl (C=O) groups excluding carboxylic acids is 1. The molecule has 0 fully saturated rings. The minimum atomic E-state index is -0.227. The molecule has 98 valence electrons. The lowest BCUT2D eigenvalue weighted by atomic mass is 10.1. The number of halogens is 1. The van der Waals surface area contributed by atoms with Gasteiger partial charge in [-0.1, -0.05) is 12.1 Å². The highest BCUT2D eigenvalue weighted by atomic mass is 79.9. The zero-order valence-corrected chi connectivity index (χ0v) is 11.7. The molecule has 2 N–H and O–H groups in total. The fourth-order valence-electron chi connectivity index (χ4n) is 2.04. The van der Waals surface area contributed by atoms with Gasteiger partial charge < -0.3 is 10.1 Å².